The summed E-state index contributed by atoms with van der Waals surface area (Å²) in [5.41, 5.74) is 1.80. The molecular weight excluding hydrogens is 275 g/mol. The number of hydrogen-bond acceptors (Lipinski definition) is 4. The normalized spacial score (nSPS) is 16.1. The molecule has 0 aromatic rings. The van der Waals surface area contributed by atoms with Crippen LogP contribution in [0.4, 0.5) is 13.2 Å². The summed E-state index contributed by atoms with van der Waals surface area (Å²) in [6, 6.07) is 0. The third-order valence-corrected chi connectivity index (χ3v) is 3.55. The molecule has 1 unspecified atom stereocenters. The monoisotopic (exact) mass is 291 g/mol. The van der Waals surface area contributed by atoms with Crippen LogP contribution in [-0.4, -0.2) is 44.9 Å². The van der Waals surface area contributed by atoms with Gasteiger partial charge >= 0.3 is 6.18 Å². The molecule has 0 heterocycles. The fourth-order valence-electron chi connectivity index (χ4n) is 0.903. The number of sulfonamides is 1. The predicted octanol–water partition coefficient (Wildman–Crippen LogP) is -0.678. The van der Waals surface area contributed by atoms with Crippen molar-refractivity contribution in [3.8, 4) is 0 Å². The van der Waals surface area contributed by atoms with Crippen molar-refractivity contribution in [2.24, 2.45) is 5.73 Å². The highest BCUT2D eigenvalue weighted by atomic mass is 32.2. The van der Waals surface area contributed by atoms with E-state index in [2.05, 4.69) is 4.72 Å². The van der Waals surface area contributed by atoms with Crippen LogP contribution in [0.3, 0.4) is 0 Å². The Balaban J connectivity index is 4.38. The largest absolute Gasteiger partial charge is 0.415 e. The van der Waals surface area contributed by atoms with E-state index < -0.39 is 39.9 Å². The van der Waals surface area contributed by atoms with Crippen molar-refractivity contribution in [1.82, 2.24) is 10.0 Å². The lowest BCUT2D eigenvalue weighted by Crippen LogP contribution is -2.61. The van der Waals surface area contributed by atoms with Crippen LogP contribution in [0, 0.1) is 0 Å². The van der Waals surface area contributed by atoms with Crippen molar-refractivity contribution in [3.63, 3.8) is 0 Å². The van der Waals surface area contributed by atoms with Crippen LogP contribution in [0.1, 0.15) is 13.8 Å². The standard InChI is InChI=1S/C8H16F3N3O3S/c1-3-14-18(16,17)5-4-13-6(15)7(2,12)8(9,10)11/h14H,3-5,12H2,1-2H3,(H,13,15). The molecule has 0 rings (SSSR count). The van der Waals surface area contributed by atoms with E-state index in [1.165, 1.54) is 0 Å². The van der Waals surface area contributed by atoms with E-state index in [0.29, 0.717) is 6.92 Å². The average Bonchev–Trinajstić information content (AvgIpc) is 2.14. The minimum Gasteiger partial charge on any atom is -0.353 e. The van der Waals surface area contributed by atoms with Crippen LogP contribution in [0.5, 0.6) is 0 Å². The van der Waals surface area contributed by atoms with Gasteiger partial charge in [-0.15, -0.1) is 0 Å². The summed E-state index contributed by atoms with van der Waals surface area (Å²) in [6.45, 7) is 1.78. The lowest BCUT2D eigenvalue weighted by molar-refractivity contribution is -0.187. The van der Waals surface area contributed by atoms with Gasteiger partial charge in [0.1, 0.15) is 0 Å². The highest BCUT2D eigenvalue weighted by molar-refractivity contribution is 7.89. The summed E-state index contributed by atoms with van der Waals surface area (Å²) in [7, 11) is -3.60. The van der Waals surface area contributed by atoms with E-state index in [9.17, 15) is 26.4 Å². The SMILES string of the molecule is CCNS(=O)(=O)CCNC(=O)C(C)(N)C(F)(F)F. The van der Waals surface area contributed by atoms with E-state index >= 15 is 0 Å². The summed E-state index contributed by atoms with van der Waals surface area (Å²) < 4.78 is 61.5. The average molecular weight is 291 g/mol. The summed E-state index contributed by atoms with van der Waals surface area (Å²) in [6.07, 6.45) is -4.91. The molecule has 1 atom stereocenters. The fraction of sp³-hybridized carbons (Fsp3) is 0.875. The van der Waals surface area contributed by atoms with E-state index in [-0.39, 0.29) is 6.54 Å². The first kappa shape index (κ1) is 17.1. The van der Waals surface area contributed by atoms with Gasteiger partial charge in [0.05, 0.1) is 5.75 Å². The molecule has 0 aromatic carbocycles. The van der Waals surface area contributed by atoms with Crippen LogP contribution in [0.25, 0.3) is 0 Å². The Morgan fingerprint density at radius 2 is 1.83 bits per heavy atom. The third-order valence-electron chi connectivity index (χ3n) is 2.08. The summed E-state index contributed by atoms with van der Waals surface area (Å²) >= 11 is 0. The molecule has 0 bridgehead atoms. The minimum atomic E-state index is -4.91. The predicted molar refractivity (Wildman–Crippen MR) is 59.1 cm³/mol. The number of alkyl halides is 3. The van der Waals surface area contributed by atoms with Crippen molar-refractivity contribution < 1.29 is 26.4 Å². The smallest absolute Gasteiger partial charge is 0.353 e. The van der Waals surface area contributed by atoms with Gasteiger partial charge in [-0.25, -0.2) is 13.1 Å². The first-order valence-corrected chi connectivity index (χ1v) is 6.70. The lowest BCUT2D eigenvalue weighted by Gasteiger charge is -2.26. The topological polar surface area (TPSA) is 101 Å². The first-order valence-electron chi connectivity index (χ1n) is 5.05. The zero-order valence-corrected chi connectivity index (χ0v) is 10.8. The number of nitrogens with two attached hydrogens (primary N) is 1. The molecule has 6 nitrogen and oxygen atoms in total. The Morgan fingerprint density at radius 1 is 1.33 bits per heavy atom. The van der Waals surface area contributed by atoms with Gasteiger partial charge in [-0.2, -0.15) is 13.2 Å². The van der Waals surface area contributed by atoms with Crippen LogP contribution in [-0.2, 0) is 14.8 Å². The molecule has 108 valence electrons. The third kappa shape index (κ3) is 4.78. The molecule has 0 aliphatic carbocycles. The molecule has 0 saturated heterocycles. The quantitative estimate of drug-likeness (QED) is 0.603. The molecule has 0 saturated carbocycles. The van der Waals surface area contributed by atoms with Gasteiger partial charge in [0.25, 0.3) is 0 Å². The molecule has 0 radical (unpaired) electrons. The van der Waals surface area contributed by atoms with Crippen molar-refractivity contribution >= 4 is 15.9 Å². The second-order valence-electron chi connectivity index (χ2n) is 3.77. The Morgan fingerprint density at radius 3 is 2.22 bits per heavy atom. The lowest BCUT2D eigenvalue weighted by atomic mass is 10.0. The molecular formula is C8H16F3N3O3S. The number of carbonyl (C=O) groups is 1. The zero-order valence-electron chi connectivity index (χ0n) is 9.97. The summed E-state index contributed by atoms with van der Waals surface area (Å²) in [5, 5.41) is 1.84. The number of hydrogen-bond donors (Lipinski definition) is 3. The minimum absolute atomic E-state index is 0.160. The number of halogens is 3. The molecule has 0 aromatic heterocycles. The van der Waals surface area contributed by atoms with Gasteiger partial charge in [0, 0.05) is 13.1 Å². The van der Waals surface area contributed by atoms with E-state index in [1.807, 2.05) is 5.32 Å². The first-order chi connectivity index (χ1) is 7.94. The molecule has 4 N–H and O–H groups in total. The van der Waals surface area contributed by atoms with E-state index in [4.69, 9.17) is 5.73 Å². The second-order valence-corrected chi connectivity index (χ2v) is 5.70. The number of rotatable bonds is 6. The van der Waals surface area contributed by atoms with Crippen molar-refractivity contribution in [2.45, 2.75) is 25.6 Å². The number of carbonyl (C=O) groups excluding carboxylic acids is 1. The van der Waals surface area contributed by atoms with Gasteiger partial charge in [-0.05, 0) is 6.92 Å². The molecule has 0 aliphatic heterocycles. The molecule has 0 fully saturated rings. The Labute approximate surface area is 103 Å². The fourth-order valence-corrected chi connectivity index (χ4v) is 1.86. The molecule has 1 amide bonds. The summed E-state index contributed by atoms with van der Waals surface area (Å²) in [4.78, 5) is 11.2. The highest BCUT2D eigenvalue weighted by Crippen LogP contribution is 2.27. The maximum absolute atomic E-state index is 12.3. The maximum atomic E-state index is 12.3. The van der Waals surface area contributed by atoms with Crippen LogP contribution in [0.2, 0.25) is 0 Å². The molecule has 10 heteroatoms. The van der Waals surface area contributed by atoms with Crippen LogP contribution in [0.15, 0.2) is 0 Å². The van der Waals surface area contributed by atoms with Crippen LogP contribution >= 0.6 is 0 Å². The van der Waals surface area contributed by atoms with Crippen molar-refractivity contribution in [1.29, 1.82) is 0 Å². The van der Waals surface area contributed by atoms with E-state index in [1.54, 1.807) is 6.92 Å². The number of amides is 1. The zero-order chi connectivity index (χ0) is 14.6. The molecule has 0 aliphatic rings. The van der Waals surface area contributed by atoms with Gasteiger partial charge in [-0.1, -0.05) is 6.92 Å². The highest BCUT2D eigenvalue weighted by Gasteiger charge is 2.53. The van der Waals surface area contributed by atoms with Gasteiger partial charge in [0.2, 0.25) is 15.9 Å². The van der Waals surface area contributed by atoms with Gasteiger partial charge < -0.3 is 11.1 Å². The van der Waals surface area contributed by atoms with Crippen molar-refractivity contribution in [3.05, 3.63) is 0 Å². The molecule has 0 spiro atoms. The maximum Gasteiger partial charge on any atom is 0.415 e. The second kappa shape index (κ2) is 5.85. The number of nitrogens with one attached hydrogen (secondary N) is 2. The van der Waals surface area contributed by atoms with Crippen molar-refractivity contribution in [2.75, 3.05) is 18.8 Å². The Hall–Kier alpha value is -0.870. The van der Waals surface area contributed by atoms with Gasteiger partial charge in [-0.3, -0.25) is 4.79 Å². The van der Waals surface area contributed by atoms with Crippen LogP contribution < -0.4 is 15.8 Å². The summed E-state index contributed by atoms with van der Waals surface area (Å²) in [5.74, 6) is -1.98. The Bertz CT molecular complexity index is 392. The van der Waals surface area contributed by atoms with E-state index in [0.717, 1.165) is 0 Å². The Kier molecular flexibility index (Phi) is 5.56. The van der Waals surface area contributed by atoms with Gasteiger partial charge in [0.15, 0.2) is 5.54 Å². The molecule has 18 heavy (non-hydrogen) atoms.